The Morgan fingerprint density at radius 3 is 2.55 bits per heavy atom. The van der Waals surface area contributed by atoms with E-state index < -0.39 is 18.1 Å². The summed E-state index contributed by atoms with van der Waals surface area (Å²) in [6, 6.07) is 4.92. The first-order valence-electron chi connectivity index (χ1n) is 6.94. The molecule has 1 heterocycles. The molecule has 0 bridgehead atoms. The lowest BCUT2D eigenvalue weighted by atomic mass is 10.1. The molecule has 1 saturated heterocycles. The number of urea groups is 1. The van der Waals surface area contributed by atoms with E-state index in [2.05, 4.69) is 20.3 Å². The molecule has 0 atom stereocenters. The van der Waals surface area contributed by atoms with Gasteiger partial charge in [0.05, 0.1) is 5.69 Å². The Morgan fingerprint density at radius 1 is 1.27 bits per heavy atom. The highest BCUT2D eigenvalue weighted by Crippen LogP contribution is 2.29. The molecule has 1 aliphatic rings. The maximum atomic E-state index is 12.3. The van der Waals surface area contributed by atoms with E-state index in [0.717, 1.165) is 32.0 Å². The number of rotatable bonds is 3. The first-order valence-corrected chi connectivity index (χ1v) is 6.94. The van der Waals surface area contributed by atoms with Crippen LogP contribution in [0.25, 0.3) is 0 Å². The number of hydrogen-bond acceptors (Lipinski definition) is 3. The number of piperidine rings is 1. The van der Waals surface area contributed by atoms with Crippen LogP contribution >= 0.6 is 0 Å². The first kappa shape index (κ1) is 16.4. The van der Waals surface area contributed by atoms with Crippen LogP contribution in [0.15, 0.2) is 24.3 Å². The number of amides is 2. The zero-order valence-corrected chi connectivity index (χ0v) is 12.1. The van der Waals surface area contributed by atoms with Gasteiger partial charge in [-0.05, 0) is 45.1 Å². The van der Waals surface area contributed by atoms with Crippen molar-refractivity contribution in [3.8, 4) is 5.75 Å². The van der Waals surface area contributed by atoms with Crippen molar-refractivity contribution in [2.24, 2.45) is 0 Å². The molecule has 2 N–H and O–H groups in total. The lowest BCUT2D eigenvalue weighted by Gasteiger charge is -2.29. The van der Waals surface area contributed by atoms with Crippen molar-refractivity contribution in [1.29, 1.82) is 0 Å². The second kappa shape index (κ2) is 6.87. The fraction of sp³-hybridized carbons (Fsp3) is 0.500. The highest BCUT2D eigenvalue weighted by atomic mass is 19.4. The molecule has 1 fully saturated rings. The Labute approximate surface area is 126 Å². The average Bonchev–Trinajstić information content (AvgIpc) is 2.42. The zero-order valence-electron chi connectivity index (χ0n) is 12.1. The molecule has 0 aromatic heterocycles. The van der Waals surface area contributed by atoms with E-state index in [1.54, 1.807) is 0 Å². The number of benzene rings is 1. The minimum Gasteiger partial charge on any atom is -0.404 e. The van der Waals surface area contributed by atoms with E-state index in [1.165, 1.54) is 18.2 Å². The van der Waals surface area contributed by atoms with Crippen LogP contribution in [0.5, 0.6) is 5.75 Å². The number of nitrogens with zero attached hydrogens (tertiary/aromatic N) is 1. The zero-order chi connectivity index (χ0) is 16.2. The summed E-state index contributed by atoms with van der Waals surface area (Å²) in [4.78, 5) is 14.1. The van der Waals surface area contributed by atoms with Gasteiger partial charge < -0.3 is 20.3 Å². The van der Waals surface area contributed by atoms with E-state index in [0.29, 0.717) is 0 Å². The molecular weight excluding hydrogens is 299 g/mol. The van der Waals surface area contributed by atoms with Crippen molar-refractivity contribution >= 4 is 11.7 Å². The molecule has 2 rings (SSSR count). The van der Waals surface area contributed by atoms with Crippen LogP contribution in [0, 0.1) is 0 Å². The van der Waals surface area contributed by atoms with E-state index in [9.17, 15) is 18.0 Å². The Morgan fingerprint density at radius 2 is 1.91 bits per heavy atom. The van der Waals surface area contributed by atoms with Crippen LogP contribution in [-0.2, 0) is 0 Å². The molecule has 1 aromatic carbocycles. The standard InChI is InChI=1S/C14H18F3N3O2/c1-20-8-6-10(7-9-20)18-13(21)19-11-4-2-3-5-12(11)22-14(15,16)17/h2-5,10H,6-9H2,1H3,(H2,18,19,21). The molecule has 122 valence electrons. The van der Waals surface area contributed by atoms with Crippen LogP contribution in [0.1, 0.15) is 12.8 Å². The van der Waals surface area contributed by atoms with Gasteiger partial charge in [0.2, 0.25) is 0 Å². The third-order valence-corrected chi connectivity index (χ3v) is 3.41. The summed E-state index contributed by atoms with van der Waals surface area (Å²) in [7, 11) is 2.00. The van der Waals surface area contributed by atoms with Gasteiger partial charge in [-0.2, -0.15) is 0 Å². The highest BCUT2D eigenvalue weighted by Gasteiger charge is 2.32. The molecule has 0 saturated carbocycles. The summed E-state index contributed by atoms with van der Waals surface area (Å²) in [5.74, 6) is -0.437. The van der Waals surface area contributed by atoms with Crippen LogP contribution in [0.4, 0.5) is 23.7 Å². The Bertz CT molecular complexity index is 514. The maximum absolute atomic E-state index is 12.3. The van der Waals surface area contributed by atoms with Gasteiger partial charge in [0.25, 0.3) is 0 Å². The van der Waals surface area contributed by atoms with Gasteiger partial charge >= 0.3 is 12.4 Å². The van der Waals surface area contributed by atoms with Crippen LogP contribution in [0.3, 0.4) is 0 Å². The third kappa shape index (κ3) is 5.10. The van der Waals surface area contributed by atoms with E-state index in [-0.39, 0.29) is 11.7 Å². The summed E-state index contributed by atoms with van der Waals surface area (Å²) in [6.07, 6.45) is -3.18. The number of likely N-dealkylation sites (tertiary alicyclic amines) is 1. The molecular formula is C14H18F3N3O2. The van der Waals surface area contributed by atoms with Gasteiger partial charge in [-0.1, -0.05) is 12.1 Å². The van der Waals surface area contributed by atoms with Crippen molar-refractivity contribution in [3.63, 3.8) is 0 Å². The number of anilines is 1. The Kier molecular flexibility index (Phi) is 5.12. The maximum Gasteiger partial charge on any atom is 0.573 e. The lowest BCUT2D eigenvalue weighted by Crippen LogP contribution is -2.44. The minimum absolute atomic E-state index is 0.0203. The minimum atomic E-state index is -4.80. The Hall–Kier alpha value is -1.96. The number of ether oxygens (including phenoxy) is 1. The molecule has 0 spiro atoms. The monoisotopic (exact) mass is 317 g/mol. The number of hydrogen-bond donors (Lipinski definition) is 2. The molecule has 22 heavy (non-hydrogen) atoms. The topological polar surface area (TPSA) is 53.6 Å². The predicted molar refractivity (Wildman–Crippen MR) is 75.8 cm³/mol. The number of alkyl halides is 3. The summed E-state index contributed by atoms with van der Waals surface area (Å²) >= 11 is 0. The van der Waals surface area contributed by atoms with Crippen molar-refractivity contribution in [2.45, 2.75) is 25.2 Å². The smallest absolute Gasteiger partial charge is 0.404 e. The summed E-state index contributed by atoms with van der Waals surface area (Å²) < 4.78 is 40.8. The van der Waals surface area contributed by atoms with Gasteiger partial charge in [0, 0.05) is 6.04 Å². The van der Waals surface area contributed by atoms with Gasteiger partial charge in [0.15, 0.2) is 5.75 Å². The summed E-state index contributed by atoms with van der Waals surface area (Å²) in [5.41, 5.74) is -0.0229. The molecule has 2 amide bonds. The molecule has 8 heteroatoms. The van der Waals surface area contributed by atoms with Crippen molar-refractivity contribution in [2.75, 3.05) is 25.5 Å². The molecule has 0 unspecified atom stereocenters. The van der Waals surface area contributed by atoms with Gasteiger partial charge in [-0.3, -0.25) is 0 Å². The SMILES string of the molecule is CN1CCC(NC(=O)Nc2ccccc2OC(F)(F)F)CC1. The predicted octanol–water partition coefficient (Wildman–Crippen LogP) is 2.80. The Balaban J connectivity index is 1.94. The number of carbonyl (C=O) groups is 1. The van der Waals surface area contributed by atoms with Gasteiger partial charge in [-0.25, -0.2) is 4.79 Å². The normalized spacial score (nSPS) is 17.1. The summed E-state index contributed by atoms with van der Waals surface area (Å²) in [6.45, 7) is 1.75. The molecule has 1 aromatic rings. The fourth-order valence-electron chi connectivity index (χ4n) is 2.28. The number of carbonyl (C=O) groups excluding carboxylic acids is 1. The molecule has 0 radical (unpaired) electrons. The number of nitrogens with one attached hydrogen (secondary N) is 2. The van der Waals surface area contributed by atoms with Gasteiger partial charge in [-0.15, -0.1) is 13.2 Å². The van der Waals surface area contributed by atoms with E-state index in [1.807, 2.05) is 7.05 Å². The van der Waals surface area contributed by atoms with Crippen LogP contribution in [-0.4, -0.2) is 43.5 Å². The summed E-state index contributed by atoms with van der Waals surface area (Å²) in [5, 5.41) is 5.17. The van der Waals surface area contributed by atoms with Crippen LogP contribution < -0.4 is 15.4 Å². The van der Waals surface area contributed by atoms with Crippen molar-refractivity contribution in [1.82, 2.24) is 10.2 Å². The largest absolute Gasteiger partial charge is 0.573 e. The second-order valence-corrected chi connectivity index (χ2v) is 5.22. The lowest BCUT2D eigenvalue weighted by molar-refractivity contribution is -0.274. The third-order valence-electron chi connectivity index (χ3n) is 3.41. The van der Waals surface area contributed by atoms with E-state index >= 15 is 0 Å². The molecule has 0 aliphatic carbocycles. The van der Waals surface area contributed by atoms with Crippen molar-refractivity contribution in [3.05, 3.63) is 24.3 Å². The van der Waals surface area contributed by atoms with Crippen LogP contribution in [0.2, 0.25) is 0 Å². The molecule has 1 aliphatic heterocycles. The number of para-hydroxylation sites is 2. The first-order chi connectivity index (χ1) is 10.3. The van der Waals surface area contributed by atoms with E-state index in [4.69, 9.17) is 0 Å². The van der Waals surface area contributed by atoms with Crippen molar-refractivity contribution < 1.29 is 22.7 Å². The average molecular weight is 317 g/mol. The molecule has 5 nitrogen and oxygen atoms in total. The second-order valence-electron chi connectivity index (χ2n) is 5.22. The highest BCUT2D eigenvalue weighted by molar-refractivity contribution is 5.91. The number of halogens is 3. The quantitative estimate of drug-likeness (QED) is 0.901. The van der Waals surface area contributed by atoms with Gasteiger partial charge in [0.1, 0.15) is 0 Å². The fourth-order valence-corrected chi connectivity index (χ4v) is 2.28.